The number of aliphatic hydroxyl groups excluding tert-OH is 2. The third-order valence-corrected chi connectivity index (χ3v) is 6.84. The molecule has 0 bridgehead atoms. The lowest BCUT2D eigenvalue weighted by molar-refractivity contribution is -0.277. The lowest BCUT2D eigenvalue weighted by Crippen LogP contribution is -2.37. The number of fused-ring (bicyclic) bond motifs is 1. The molecule has 0 aromatic carbocycles. The quantitative estimate of drug-likeness (QED) is 0.0357. The summed E-state index contributed by atoms with van der Waals surface area (Å²) in [6, 6.07) is 0. The number of rotatable bonds is 31. The topological polar surface area (TPSA) is 251 Å². The number of ether oxygens (including phenoxy) is 6. The van der Waals surface area contributed by atoms with Crippen LogP contribution >= 0.6 is 28.4 Å². The molecule has 0 aliphatic rings. The van der Waals surface area contributed by atoms with Crippen molar-refractivity contribution in [3.63, 3.8) is 0 Å². The van der Waals surface area contributed by atoms with Crippen molar-refractivity contribution in [1.82, 2.24) is 19.5 Å². The van der Waals surface area contributed by atoms with Crippen LogP contribution in [0.5, 0.6) is 0 Å². The highest BCUT2D eigenvalue weighted by molar-refractivity contribution is 7.09. The predicted octanol–water partition coefficient (Wildman–Crippen LogP) is 0.959. The first-order chi connectivity index (χ1) is 26.4. The number of nitrogens with zero attached hydrogens (tertiary/aromatic N) is 4. The molecule has 2 rings (SSSR count). The Labute approximate surface area is 324 Å². The second kappa shape index (κ2) is 43.1. The minimum absolute atomic E-state index is 0.190. The Balaban J connectivity index is 0. The van der Waals surface area contributed by atoms with Crippen LogP contribution in [0.1, 0.15) is 25.5 Å². The zero-order valence-corrected chi connectivity index (χ0v) is 35.4. The van der Waals surface area contributed by atoms with Gasteiger partial charge in [0.15, 0.2) is 23.2 Å². The maximum atomic E-state index is 10.8. The summed E-state index contributed by atoms with van der Waals surface area (Å²) in [7, 11) is 12.9. The molecule has 0 saturated carbocycles. The first-order valence-electron chi connectivity index (χ1n) is 16.6. The molecule has 6 atom stereocenters. The molecule has 0 amide bonds. The molecule has 0 saturated heterocycles. The highest BCUT2D eigenvalue weighted by Crippen LogP contribution is 2.23. The number of aromatic nitrogens is 4. The second-order valence-electron chi connectivity index (χ2n) is 9.78. The van der Waals surface area contributed by atoms with E-state index in [0.29, 0.717) is 103 Å². The third-order valence-electron chi connectivity index (χ3n) is 6.26. The van der Waals surface area contributed by atoms with Gasteiger partial charge in [0.2, 0.25) is 0 Å². The van der Waals surface area contributed by atoms with E-state index >= 15 is 0 Å². The number of hydrogen-bond acceptors (Lipinski definition) is 21. The Hall–Kier alpha value is -1.04. The Kier molecular flexibility index (Phi) is 43.9. The van der Waals surface area contributed by atoms with Crippen LogP contribution in [0.3, 0.4) is 0 Å². The van der Waals surface area contributed by atoms with Gasteiger partial charge in [-0.2, -0.15) is 0 Å². The van der Waals surface area contributed by atoms with Crippen LogP contribution in [0.2, 0.25) is 0 Å². The largest absolute Gasteiger partial charge is 0.386 e. The van der Waals surface area contributed by atoms with Gasteiger partial charge in [-0.05, 0) is 19.4 Å². The van der Waals surface area contributed by atoms with Crippen molar-refractivity contribution < 1.29 is 77.1 Å². The summed E-state index contributed by atoms with van der Waals surface area (Å²) in [6.45, 7) is 6.71. The van der Waals surface area contributed by atoms with E-state index in [9.17, 15) is 10.2 Å². The molecule has 2 aromatic heterocycles. The van der Waals surface area contributed by atoms with Gasteiger partial charge >= 0.3 is 0 Å². The molecule has 22 nitrogen and oxygen atoms in total. The van der Waals surface area contributed by atoms with Gasteiger partial charge in [0.25, 0.3) is 0 Å². The molecule has 54 heavy (non-hydrogen) atoms. The SMILES string of the molecule is COOCCC(OC)C(O)C(O)n1cnc2c(NCCCOCCOCCOCCOCCOCCCN)ncnc21.COOP.COOP.COOP. The van der Waals surface area contributed by atoms with Crippen LogP contribution < -0.4 is 11.1 Å². The van der Waals surface area contributed by atoms with E-state index in [0.717, 1.165) is 12.8 Å². The number of anilines is 1. The number of aliphatic hydroxyl groups is 2. The molecular weight excluding hydrogens is 781 g/mol. The van der Waals surface area contributed by atoms with Crippen molar-refractivity contribution in [1.29, 1.82) is 0 Å². The first-order valence-corrected chi connectivity index (χ1v) is 18.0. The van der Waals surface area contributed by atoms with Crippen molar-refractivity contribution in [2.45, 2.75) is 37.7 Å². The number of nitrogens with two attached hydrogens (primary N) is 1. The molecule has 25 heteroatoms. The van der Waals surface area contributed by atoms with Crippen LogP contribution in [0.15, 0.2) is 12.7 Å². The standard InChI is InChI=1S/C26H48N6O10.3CH5O2P/c1-35-21(5-10-42-36-2)23(33)26(34)32-20-31-22-24(29-19-30-25(22)32)28-7-4-9-38-12-14-40-16-18-41-17-15-39-13-11-37-8-3-6-27;3*1-2-3-4/h19-21,23,26,33-34H,3-18,27H2,1-2H3,(H,28,29,30);3*4H2,1H3. The van der Waals surface area contributed by atoms with E-state index < -0.39 is 18.4 Å². The minimum Gasteiger partial charge on any atom is -0.386 e. The molecule has 6 unspecified atom stereocenters. The van der Waals surface area contributed by atoms with E-state index in [-0.39, 0.29) is 6.61 Å². The lowest BCUT2D eigenvalue weighted by Gasteiger charge is -2.26. The van der Waals surface area contributed by atoms with Crippen molar-refractivity contribution in [3.8, 4) is 0 Å². The van der Waals surface area contributed by atoms with Crippen molar-refractivity contribution >= 4 is 45.4 Å². The first kappa shape index (κ1) is 55.1. The highest BCUT2D eigenvalue weighted by Gasteiger charge is 2.29. The van der Waals surface area contributed by atoms with Gasteiger partial charge in [0.05, 0.1) is 100 Å². The van der Waals surface area contributed by atoms with Crippen LogP contribution in [-0.4, -0.2) is 163 Å². The average Bonchev–Trinajstić information content (AvgIpc) is 3.65. The fourth-order valence-corrected chi connectivity index (χ4v) is 3.76. The van der Waals surface area contributed by atoms with Crippen LogP contribution in [-0.2, 0) is 66.9 Å². The fraction of sp³-hybridized carbons (Fsp3) is 0.828. The zero-order chi connectivity index (χ0) is 40.5. The summed E-state index contributed by atoms with van der Waals surface area (Å²) < 4.78 is 45.9. The Bertz CT molecular complexity index is 1030. The molecule has 5 N–H and O–H groups in total. The molecule has 2 heterocycles. The van der Waals surface area contributed by atoms with Gasteiger partial charge in [0, 0.05) is 61.7 Å². The highest BCUT2D eigenvalue weighted by atomic mass is 31.0. The molecule has 0 radical (unpaired) electrons. The third kappa shape index (κ3) is 30.1. The van der Waals surface area contributed by atoms with Crippen LogP contribution in [0.25, 0.3) is 11.2 Å². The van der Waals surface area contributed by atoms with E-state index in [4.69, 9.17) is 39.0 Å². The van der Waals surface area contributed by atoms with E-state index in [2.05, 4.69) is 53.8 Å². The number of hydrogen-bond donors (Lipinski definition) is 4. The fourth-order valence-electron chi connectivity index (χ4n) is 3.76. The molecule has 0 aliphatic heterocycles. The van der Waals surface area contributed by atoms with E-state index in [1.807, 2.05) is 28.4 Å². The van der Waals surface area contributed by atoms with Gasteiger partial charge in [-0.15, -0.1) is 0 Å². The molecular formula is C29H63N6O16P3. The normalized spacial score (nSPS) is 12.5. The van der Waals surface area contributed by atoms with E-state index in [1.54, 1.807) is 0 Å². The van der Waals surface area contributed by atoms with Gasteiger partial charge in [-0.1, -0.05) is 0 Å². The van der Waals surface area contributed by atoms with Gasteiger partial charge < -0.3 is 49.7 Å². The monoisotopic (exact) mass is 844 g/mol. The molecule has 0 fully saturated rings. The average molecular weight is 845 g/mol. The maximum Gasteiger partial charge on any atom is 0.167 e. The minimum atomic E-state index is -1.34. The number of methoxy groups -OCH3 is 1. The molecule has 0 aliphatic carbocycles. The number of imidazole rings is 1. The van der Waals surface area contributed by atoms with Gasteiger partial charge in [-0.3, -0.25) is 4.57 Å². The molecule has 320 valence electrons. The smallest absolute Gasteiger partial charge is 0.167 e. The Morgan fingerprint density at radius 3 is 1.61 bits per heavy atom. The van der Waals surface area contributed by atoms with Crippen molar-refractivity contribution in [2.24, 2.45) is 5.73 Å². The second-order valence-corrected chi connectivity index (χ2v) is 10.4. The van der Waals surface area contributed by atoms with Crippen molar-refractivity contribution in [2.75, 3.05) is 127 Å². The Morgan fingerprint density at radius 2 is 1.17 bits per heavy atom. The predicted molar refractivity (Wildman–Crippen MR) is 205 cm³/mol. The van der Waals surface area contributed by atoms with Crippen LogP contribution in [0, 0.1) is 0 Å². The zero-order valence-electron chi connectivity index (χ0n) is 31.9. The molecule has 0 spiro atoms. The summed E-state index contributed by atoms with van der Waals surface area (Å²) in [5.41, 5.74) is 6.23. The number of nitrogens with one attached hydrogen (secondary N) is 1. The van der Waals surface area contributed by atoms with Crippen LogP contribution in [0.4, 0.5) is 5.82 Å². The van der Waals surface area contributed by atoms with Gasteiger partial charge in [-0.25, -0.2) is 53.4 Å². The summed E-state index contributed by atoms with van der Waals surface area (Å²) in [4.78, 5) is 34.2. The summed E-state index contributed by atoms with van der Waals surface area (Å²) in [5.74, 6) is 0.516. The molecule has 2 aromatic rings. The summed E-state index contributed by atoms with van der Waals surface area (Å²) in [6.07, 6.45) is 1.38. The summed E-state index contributed by atoms with van der Waals surface area (Å²) in [5, 5.41) is 24.6. The van der Waals surface area contributed by atoms with Crippen molar-refractivity contribution in [3.05, 3.63) is 12.7 Å². The maximum absolute atomic E-state index is 10.8. The Morgan fingerprint density at radius 1 is 0.685 bits per heavy atom. The summed E-state index contributed by atoms with van der Waals surface area (Å²) >= 11 is 0. The van der Waals surface area contributed by atoms with Gasteiger partial charge in [0.1, 0.15) is 12.4 Å². The lowest BCUT2D eigenvalue weighted by atomic mass is 10.1. The van der Waals surface area contributed by atoms with E-state index in [1.165, 1.54) is 52.8 Å².